The number of halogens is 3. The van der Waals surface area contributed by atoms with Crippen LogP contribution in [-0.4, -0.2) is 153 Å². The molecule has 7 unspecified atom stereocenters. The highest BCUT2D eigenvalue weighted by molar-refractivity contribution is 5.86. The maximum absolute atomic E-state index is 10.8. The zero-order valence-electron chi connectivity index (χ0n) is 19.4. The number of ether oxygens (including phenoxy) is 5. The average molecular weight is 611 g/mol. The molecule has 0 radical (unpaired) electrons. The van der Waals surface area contributed by atoms with Gasteiger partial charge in [-0.15, -0.1) is 37.2 Å². The molecule has 3 saturated heterocycles. The first-order valence-electron chi connectivity index (χ1n) is 10.8. The van der Waals surface area contributed by atoms with E-state index in [0.29, 0.717) is 0 Å². The second kappa shape index (κ2) is 15.9. The van der Waals surface area contributed by atoms with Crippen LogP contribution in [0.2, 0.25) is 0 Å². The van der Waals surface area contributed by atoms with E-state index < -0.39 is 112 Å². The Morgan fingerprint density at radius 3 is 1.35 bits per heavy atom. The predicted molar refractivity (Wildman–Crippen MR) is 129 cm³/mol. The third-order valence-electron chi connectivity index (χ3n) is 6.33. The molecule has 15 atom stereocenters. The van der Waals surface area contributed by atoms with Crippen molar-refractivity contribution in [2.75, 3.05) is 19.8 Å². The van der Waals surface area contributed by atoms with Gasteiger partial charge in [0.1, 0.15) is 54.9 Å². The van der Waals surface area contributed by atoms with Gasteiger partial charge < -0.3 is 81.7 Å². The Hall–Kier alpha value is 0.230. The molecule has 19 heteroatoms. The number of nitrogens with two attached hydrogens (primary N) is 3. The van der Waals surface area contributed by atoms with Crippen LogP contribution in [0.25, 0.3) is 0 Å². The summed E-state index contributed by atoms with van der Waals surface area (Å²) in [5.41, 5.74) is 17.6. The molecular weight excluding hydrogens is 573 g/mol. The van der Waals surface area contributed by atoms with Crippen molar-refractivity contribution < 1.29 is 64.5 Å². The molecule has 0 aromatic carbocycles. The lowest BCUT2D eigenvalue weighted by atomic mass is 9.94. The van der Waals surface area contributed by atoms with E-state index in [4.69, 9.17) is 40.9 Å². The molecule has 16 nitrogen and oxygen atoms in total. The number of aliphatic hydroxyl groups is 8. The lowest BCUT2D eigenvalue weighted by Crippen LogP contribution is -2.69. The Kier molecular flexibility index (Phi) is 16.0. The average Bonchev–Trinajstić information content (AvgIpc) is 2.83. The summed E-state index contributed by atoms with van der Waals surface area (Å²) < 4.78 is 27.4. The van der Waals surface area contributed by atoms with Gasteiger partial charge in [-0.2, -0.15) is 0 Å². The molecule has 3 aliphatic heterocycles. The molecule has 0 bridgehead atoms. The Morgan fingerprint density at radius 1 is 0.514 bits per heavy atom. The predicted octanol–water partition coefficient (Wildman–Crippen LogP) is -6.41. The summed E-state index contributed by atoms with van der Waals surface area (Å²) in [6, 6.07) is -3.87. The number of hydrogen-bond donors (Lipinski definition) is 11. The third-order valence-corrected chi connectivity index (χ3v) is 6.33. The van der Waals surface area contributed by atoms with Gasteiger partial charge in [0.05, 0.1) is 37.9 Å². The highest BCUT2D eigenvalue weighted by Crippen LogP contribution is 2.31. The van der Waals surface area contributed by atoms with Crippen molar-refractivity contribution in [1.29, 1.82) is 0 Å². The molecule has 3 aliphatic rings. The SMILES string of the molecule is Cl.Cl.Cl.N[C@@H]1C(O)OC(CO)[C@@H](O[C@@H]2OC(CO)[C@@H](O[C@@H]3OC(CO)[C@@H](O)C(O)[C@@H]3N)C(O)[C@@H]2N)C1O. The van der Waals surface area contributed by atoms with Crippen molar-refractivity contribution in [2.24, 2.45) is 17.2 Å². The molecule has 0 aromatic rings. The molecule has 3 rings (SSSR count). The quantitative estimate of drug-likeness (QED) is 0.128. The molecule has 0 aromatic heterocycles. The number of rotatable bonds is 7. The fourth-order valence-corrected chi connectivity index (χ4v) is 4.18. The van der Waals surface area contributed by atoms with E-state index in [1.54, 1.807) is 0 Å². The molecule has 37 heavy (non-hydrogen) atoms. The van der Waals surface area contributed by atoms with Crippen molar-refractivity contribution in [3.05, 3.63) is 0 Å². The number of hydrogen-bond acceptors (Lipinski definition) is 16. The molecule has 3 fully saturated rings. The van der Waals surface area contributed by atoms with E-state index >= 15 is 0 Å². The summed E-state index contributed by atoms with van der Waals surface area (Å²) in [5.74, 6) is 0. The van der Waals surface area contributed by atoms with Crippen LogP contribution in [0.4, 0.5) is 0 Å². The van der Waals surface area contributed by atoms with Crippen molar-refractivity contribution >= 4 is 37.2 Å². The molecule has 0 spiro atoms. The van der Waals surface area contributed by atoms with E-state index in [1.807, 2.05) is 0 Å². The first kappa shape index (κ1) is 37.2. The molecule has 14 N–H and O–H groups in total. The second-order valence-corrected chi connectivity index (χ2v) is 8.59. The normalized spacial score (nSPS) is 48.2. The summed E-state index contributed by atoms with van der Waals surface area (Å²) in [7, 11) is 0. The lowest BCUT2D eigenvalue weighted by molar-refractivity contribution is -0.348. The van der Waals surface area contributed by atoms with Crippen LogP contribution >= 0.6 is 37.2 Å². The molecule has 3 heterocycles. The minimum Gasteiger partial charge on any atom is -0.394 e. The lowest BCUT2D eigenvalue weighted by Gasteiger charge is -2.48. The highest BCUT2D eigenvalue weighted by atomic mass is 35.5. The smallest absolute Gasteiger partial charge is 0.176 e. The Balaban J connectivity index is 0.00000432. The summed E-state index contributed by atoms with van der Waals surface area (Å²) in [6.07, 6.45) is -16.8. The summed E-state index contributed by atoms with van der Waals surface area (Å²) in [4.78, 5) is 0. The van der Waals surface area contributed by atoms with Crippen LogP contribution in [0.5, 0.6) is 0 Å². The Morgan fingerprint density at radius 2 is 0.892 bits per heavy atom. The van der Waals surface area contributed by atoms with Crippen molar-refractivity contribution in [3.8, 4) is 0 Å². The van der Waals surface area contributed by atoms with E-state index in [0.717, 1.165) is 0 Å². The largest absolute Gasteiger partial charge is 0.394 e. The molecule has 0 saturated carbocycles. The zero-order chi connectivity index (χ0) is 25.3. The molecular formula is C18H38Cl3N3O13. The van der Waals surface area contributed by atoms with Crippen LogP contribution in [0.1, 0.15) is 0 Å². The molecule has 0 aliphatic carbocycles. The van der Waals surface area contributed by atoms with E-state index in [2.05, 4.69) is 0 Å². The standard InChI is InChI=1S/C18H35N3O13.3ClH/c19-7-12(27)14(5(2-23)30-16(7)29)33-18-9(21)13(28)15(6(3-24)32-18)34-17-8(20)11(26)10(25)4(1-22)31-17;;;/h4-18,22-29H,1-3,19-21H2;3*1H/t4?,5?,6?,7-,8-,9-,10+,11?,12?,13?,14+,15+,16?,17-,18-;;;/m0.../s1. The van der Waals surface area contributed by atoms with Crippen molar-refractivity contribution in [1.82, 2.24) is 0 Å². The van der Waals surface area contributed by atoms with E-state index in [-0.39, 0.29) is 37.2 Å². The van der Waals surface area contributed by atoms with Crippen LogP contribution < -0.4 is 17.2 Å². The minimum absolute atomic E-state index is 0. The minimum atomic E-state index is -1.56. The zero-order valence-corrected chi connectivity index (χ0v) is 21.8. The maximum atomic E-state index is 10.8. The van der Waals surface area contributed by atoms with Gasteiger partial charge in [-0.3, -0.25) is 0 Å². The Labute approximate surface area is 230 Å². The van der Waals surface area contributed by atoms with E-state index in [1.165, 1.54) is 0 Å². The molecule has 0 amide bonds. The number of aliphatic hydroxyl groups excluding tert-OH is 8. The third kappa shape index (κ3) is 7.70. The first-order chi connectivity index (χ1) is 16.0. The Bertz CT molecular complexity index is 661. The van der Waals surface area contributed by atoms with Gasteiger partial charge >= 0.3 is 0 Å². The van der Waals surface area contributed by atoms with Crippen molar-refractivity contribution in [2.45, 2.75) is 91.9 Å². The van der Waals surface area contributed by atoms with Gasteiger partial charge in [0, 0.05) is 0 Å². The fourth-order valence-electron chi connectivity index (χ4n) is 4.18. The second-order valence-electron chi connectivity index (χ2n) is 8.59. The molecule has 224 valence electrons. The summed E-state index contributed by atoms with van der Waals surface area (Å²) in [6.45, 7) is -2.00. The van der Waals surface area contributed by atoms with Gasteiger partial charge in [-0.1, -0.05) is 0 Å². The van der Waals surface area contributed by atoms with Crippen LogP contribution in [0, 0.1) is 0 Å². The topological polar surface area (TPSA) is 286 Å². The summed E-state index contributed by atoms with van der Waals surface area (Å²) >= 11 is 0. The van der Waals surface area contributed by atoms with Crippen LogP contribution in [-0.2, 0) is 23.7 Å². The van der Waals surface area contributed by atoms with Gasteiger partial charge in [-0.05, 0) is 0 Å². The van der Waals surface area contributed by atoms with Gasteiger partial charge in [0.15, 0.2) is 18.9 Å². The van der Waals surface area contributed by atoms with Gasteiger partial charge in [0.2, 0.25) is 0 Å². The van der Waals surface area contributed by atoms with Gasteiger partial charge in [-0.25, -0.2) is 0 Å². The van der Waals surface area contributed by atoms with Crippen molar-refractivity contribution in [3.63, 3.8) is 0 Å². The first-order valence-corrected chi connectivity index (χ1v) is 10.8. The highest BCUT2D eigenvalue weighted by Gasteiger charge is 2.52. The monoisotopic (exact) mass is 609 g/mol. The maximum Gasteiger partial charge on any atom is 0.176 e. The van der Waals surface area contributed by atoms with E-state index in [9.17, 15) is 40.9 Å². The van der Waals surface area contributed by atoms with Crippen LogP contribution in [0.3, 0.4) is 0 Å². The van der Waals surface area contributed by atoms with Crippen LogP contribution in [0.15, 0.2) is 0 Å². The summed E-state index contributed by atoms with van der Waals surface area (Å²) in [5, 5.41) is 79.6. The fraction of sp³-hybridized carbons (Fsp3) is 1.00. The van der Waals surface area contributed by atoms with Gasteiger partial charge in [0.25, 0.3) is 0 Å².